The van der Waals surface area contributed by atoms with Crippen molar-refractivity contribution in [1.29, 1.82) is 0 Å². The molecular weight excluding hydrogens is 525 g/mol. The molecule has 0 aliphatic carbocycles. The summed E-state index contributed by atoms with van der Waals surface area (Å²) in [6.07, 6.45) is 3.27. The Labute approximate surface area is 231 Å². The first-order valence-corrected chi connectivity index (χ1v) is 13.5. The van der Waals surface area contributed by atoms with Gasteiger partial charge in [0.15, 0.2) is 11.6 Å². The highest BCUT2D eigenvalue weighted by molar-refractivity contribution is 5.85. The summed E-state index contributed by atoms with van der Waals surface area (Å²) in [4.78, 5) is 18.3. The normalized spacial score (nSPS) is 16.2. The van der Waals surface area contributed by atoms with Crippen molar-refractivity contribution in [3.8, 4) is 5.75 Å². The lowest BCUT2D eigenvalue weighted by molar-refractivity contribution is -0.141. The molecule has 3 N–H and O–H groups in total. The zero-order chi connectivity index (χ0) is 28.9. The van der Waals surface area contributed by atoms with E-state index in [-0.39, 0.29) is 25.0 Å². The molecule has 0 bridgehead atoms. The number of hydrogen-bond donors (Lipinski definition) is 3. The van der Waals surface area contributed by atoms with Gasteiger partial charge < -0.3 is 25.0 Å². The zero-order valence-corrected chi connectivity index (χ0v) is 22.5. The summed E-state index contributed by atoms with van der Waals surface area (Å²) < 4.78 is 46.2. The number of ether oxygens (including phenoxy) is 1. The third-order valence-electron chi connectivity index (χ3n) is 8.08. The van der Waals surface area contributed by atoms with E-state index in [1.54, 1.807) is 31.5 Å². The molecule has 1 aromatic heterocycles. The van der Waals surface area contributed by atoms with Crippen molar-refractivity contribution < 1.29 is 38.0 Å². The van der Waals surface area contributed by atoms with Crippen LogP contribution in [0.1, 0.15) is 61.3 Å². The van der Waals surface area contributed by atoms with E-state index >= 15 is 0 Å². The van der Waals surface area contributed by atoms with E-state index in [4.69, 9.17) is 4.74 Å². The van der Waals surface area contributed by atoms with Crippen molar-refractivity contribution >= 4 is 16.9 Å². The Bertz CT molecular complexity index is 1340. The number of aromatic nitrogens is 1. The van der Waals surface area contributed by atoms with Crippen LogP contribution in [-0.4, -0.2) is 57.9 Å². The number of piperidine rings is 1. The lowest BCUT2D eigenvalue weighted by atomic mass is 9.71. The Kier molecular flexibility index (Phi) is 9.65. The second-order valence-corrected chi connectivity index (χ2v) is 10.7. The van der Waals surface area contributed by atoms with Gasteiger partial charge in [0.25, 0.3) is 0 Å². The highest BCUT2D eigenvalue weighted by Crippen LogP contribution is 2.42. The maximum absolute atomic E-state index is 14.0. The smallest absolute Gasteiger partial charge is 0.303 e. The lowest BCUT2D eigenvalue weighted by Gasteiger charge is -2.41. The maximum atomic E-state index is 14.0. The molecule has 2 heterocycles. The number of aliphatic hydroxyl groups is 2. The van der Waals surface area contributed by atoms with E-state index in [0.717, 1.165) is 6.07 Å². The van der Waals surface area contributed by atoms with Crippen LogP contribution < -0.4 is 4.74 Å². The number of nitrogens with zero attached hydrogens (tertiary/aromatic N) is 2. The number of benzene rings is 2. The number of rotatable bonds is 12. The minimum absolute atomic E-state index is 0.00669. The summed E-state index contributed by atoms with van der Waals surface area (Å²) in [5, 5.41) is 31.6. The summed E-state index contributed by atoms with van der Waals surface area (Å²) >= 11 is 0. The molecule has 7 nitrogen and oxygen atoms in total. The van der Waals surface area contributed by atoms with Gasteiger partial charge in [-0.05, 0) is 99.0 Å². The Morgan fingerprint density at radius 2 is 1.90 bits per heavy atom. The summed E-state index contributed by atoms with van der Waals surface area (Å²) in [6, 6.07) is 6.87. The van der Waals surface area contributed by atoms with Crippen LogP contribution in [0.3, 0.4) is 0 Å². The Morgan fingerprint density at radius 1 is 1.15 bits per heavy atom. The Balaban J connectivity index is 1.41. The number of carbonyl (C=O) groups is 1. The molecule has 1 saturated heterocycles. The number of aliphatic hydroxyl groups excluding tert-OH is 2. The van der Waals surface area contributed by atoms with E-state index in [0.29, 0.717) is 85.6 Å². The highest BCUT2D eigenvalue weighted by Gasteiger charge is 2.37. The predicted octanol–water partition coefficient (Wildman–Crippen LogP) is 5.16. The molecule has 1 atom stereocenters. The average molecular weight is 561 g/mol. The van der Waals surface area contributed by atoms with Gasteiger partial charge in [-0.15, -0.1) is 0 Å². The summed E-state index contributed by atoms with van der Waals surface area (Å²) in [5.74, 6) is -3.33. The third kappa shape index (κ3) is 6.92. The molecule has 1 aliphatic rings. The van der Waals surface area contributed by atoms with Gasteiger partial charge in [-0.1, -0.05) is 0 Å². The number of likely N-dealkylation sites (tertiary alicyclic amines) is 1. The van der Waals surface area contributed by atoms with Crippen LogP contribution in [0.15, 0.2) is 36.5 Å². The molecule has 0 amide bonds. The molecule has 0 saturated carbocycles. The quantitative estimate of drug-likeness (QED) is 0.263. The molecule has 3 aromatic rings. The first-order chi connectivity index (χ1) is 19.1. The molecular formula is C30H35F3N2O5. The summed E-state index contributed by atoms with van der Waals surface area (Å²) in [6.45, 7) is 1.54. The lowest BCUT2D eigenvalue weighted by Crippen LogP contribution is -2.41. The maximum Gasteiger partial charge on any atom is 0.303 e. The molecule has 10 heteroatoms. The number of methoxy groups -OCH3 is 1. The van der Waals surface area contributed by atoms with E-state index < -0.39 is 34.9 Å². The number of fused-ring (bicyclic) bond motifs is 1. The highest BCUT2D eigenvalue weighted by atomic mass is 19.2. The Morgan fingerprint density at radius 3 is 2.58 bits per heavy atom. The first-order valence-electron chi connectivity index (χ1n) is 13.5. The molecule has 216 valence electrons. The van der Waals surface area contributed by atoms with Crippen LogP contribution in [0.25, 0.3) is 10.9 Å². The Hall–Kier alpha value is -3.21. The van der Waals surface area contributed by atoms with Crippen LogP contribution >= 0.6 is 0 Å². The van der Waals surface area contributed by atoms with E-state index in [2.05, 4.69) is 9.88 Å². The molecule has 0 spiro atoms. The van der Waals surface area contributed by atoms with Crippen molar-refractivity contribution in [2.24, 2.45) is 5.41 Å². The van der Waals surface area contributed by atoms with Gasteiger partial charge in [0.1, 0.15) is 11.6 Å². The molecule has 0 unspecified atom stereocenters. The van der Waals surface area contributed by atoms with E-state index in [9.17, 15) is 33.3 Å². The SMILES string of the molecule is COc1ccc2ncc(CO)c([C@@H](O)CCC3(CC(=O)O)CCN(CCCc4cc(F)cc(F)c4F)CC3)c2c1. The topological polar surface area (TPSA) is 103 Å². The number of hydrogen-bond acceptors (Lipinski definition) is 6. The van der Waals surface area contributed by atoms with Gasteiger partial charge in [0.05, 0.1) is 31.8 Å². The number of aryl methyl sites for hydroxylation is 1. The van der Waals surface area contributed by atoms with Crippen molar-refractivity contribution in [1.82, 2.24) is 9.88 Å². The van der Waals surface area contributed by atoms with Gasteiger partial charge in [0, 0.05) is 23.2 Å². The fourth-order valence-corrected chi connectivity index (χ4v) is 5.84. The van der Waals surface area contributed by atoms with Crippen molar-refractivity contribution in [3.63, 3.8) is 0 Å². The van der Waals surface area contributed by atoms with Gasteiger partial charge in [-0.2, -0.15) is 0 Å². The van der Waals surface area contributed by atoms with Crippen LogP contribution in [0.2, 0.25) is 0 Å². The standard InChI is InChI=1S/C30H35F3N2O5/c1-40-22-4-5-25-23(15-22)28(20(18-36)17-34-25)26(37)6-7-30(16-27(38)39)8-11-35(12-9-30)10-2-3-19-13-21(31)14-24(32)29(19)33/h4-5,13-15,17,26,36-37H,2-3,6-12,16,18H2,1H3,(H,38,39)/t26-/m0/s1. The zero-order valence-electron chi connectivity index (χ0n) is 22.5. The number of halogens is 3. The number of carboxylic acid groups (broad SMARTS) is 1. The molecule has 1 fully saturated rings. The molecule has 4 rings (SSSR count). The molecule has 40 heavy (non-hydrogen) atoms. The predicted molar refractivity (Wildman–Crippen MR) is 143 cm³/mol. The minimum Gasteiger partial charge on any atom is -0.497 e. The summed E-state index contributed by atoms with van der Waals surface area (Å²) in [7, 11) is 1.54. The fourth-order valence-electron chi connectivity index (χ4n) is 5.84. The van der Waals surface area contributed by atoms with Gasteiger partial charge in [-0.25, -0.2) is 13.2 Å². The second kappa shape index (κ2) is 13.0. The van der Waals surface area contributed by atoms with Crippen LogP contribution in [-0.2, 0) is 17.8 Å². The van der Waals surface area contributed by atoms with Crippen LogP contribution in [0.4, 0.5) is 13.2 Å². The van der Waals surface area contributed by atoms with Crippen molar-refractivity contribution in [2.45, 2.75) is 57.7 Å². The van der Waals surface area contributed by atoms with Gasteiger partial charge in [0.2, 0.25) is 0 Å². The van der Waals surface area contributed by atoms with E-state index in [1.165, 1.54) is 0 Å². The monoisotopic (exact) mass is 560 g/mol. The number of carboxylic acids is 1. The second-order valence-electron chi connectivity index (χ2n) is 10.7. The van der Waals surface area contributed by atoms with Crippen molar-refractivity contribution in [3.05, 3.63) is 70.7 Å². The van der Waals surface area contributed by atoms with Crippen LogP contribution in [0.5, 0.6) is 5.75 Å². The molecule has 0 radical (unpaired) electrons. The number of aliphatic carboxylic acids is 1. The van der Waals surface area contributed by atoms with Crippen LogP contribution in [0, 0.1) is 22.9 Å². The largest absolute Gasteiger partial charge is 0.497 e. The van der Waals surface area contributed by atoms with Gasteiger partial charge >= 0.3 is 5.97 Å². The summed E-state index contributed by atoms with van der Waals surface area (Å²) in [5.41, 5.74) is 1.22. The first kappa shape index (κ1) is 29.8. The van der Waals surface area contributed by atoms with Crippen molar-refractivity contribution in [2.75, 3.05) is 26.7 Å². The number of pyridine rings is 1. The van der Waals surface area contributed by atoms with E-state index in [1.807, 2.05) is 0 Å². The fraction of sp³-hybridized carbons (Fsp3) is 0.467. The van der Waals surface area contributed by atoms with Gasteiger partial charge in [-0.3, -0.25) is 9.78 Å². The molecule has 2 aromatic carbocycles. The molecule has 1 aliphatic heterocycles. The third-order valence-corrected chi connectivity index (χ3v) is 8.08. The minimum atomic E-state index is -1.20. The average Bonchev–Trinajstić information content (AvgIpc) is 2.94.